The van der Waals surface area contributed by atoms with Crippen LogP contribution in [0.25, 0.3) is 0 Å². The minimum atomic E-state index is -1.16. The SMILES string of the molecule is C=CCCCCCCC(=O)N1C[C@H](OC(=O)N2Cc3ccccc3C2)C[C@H]1C(=O)N[C@]1(C(=O)OCC)C[C@H]1C=C. The van der Waals surface area contributed by atoms with E-state index in [0.717, 1.165) is 36.8 Å². The molecule has 1 N–H and O–H groups in total. The molecule has 4 rings (SSSR count). The van der Waals surface area contributed by atoms with Gasteiger partial charge in [-0.25, -0.2) is 9.59 Å². The van der Waals surface area contributed by atoms with E-state index in [1.165, 1.54) is 4.90 Å². The summed E-state index contributed by atoms with van der Waals surface area (Å²) in [7, 11) is 0. The number of amides is 3. The molecule has 1 saturated heterocycles. The van der Waals surface area contributed by atoms with Crippen molar-refractivity contribution in [3.05, 3.63) is 60.7 Å². The minimum Gasteiger partial charge on any atom is -0.464 e. The van der Waals surface area contributed by atoms with Crippen LogP contribution in [0.5, 0.6) is 0 Å². The molecule has 1 aromatic carbocycles. The molecule has 0 aromatic heterocycles. The van der Waals surface area contributed by atoms with Crippen molar-refractivity contribution in [1.29, 1.82) is 0 Å². The Labute approximate surface area is 236 Å². The molecule has 1 saturated carbocycles. The fourth-order valence-electron chi connectivity index (χ4n) is 5.71. The number of likely N-dealkylation sites (tertiary alicyclic amines) is 1. The lowest BCUT2D eigenvalue weighted by atomic mass is 10.1. The van der Waals surface area contributed by atoms with Gasteiger partial charge in [0.1, 0.15) is 17.7 Å². The number of nitrogens with one attached hydrogen (secondary N) is 1. The van der Waals surface area contributed by atoms with Gasteiger partial charge in [-0.1, -0.05) is 49.3 Å². The van der Waals surface area contributed by atoms with Crippen molar-refractivity contribution in [3.8, 4) is 0 Å². The van der Waals surface area contributed by atoms with Crippen LogP contribution in [0.1, 0.15) is 69.4 Å². The molecule has 0 spiro atoms. The van der Waals surface area contributed by atoms with E-state index in [1.807, 2.05) is 30.3 Å². The van der Waals surface area contributed by atoms with Crippen molar-refractivity contribution in [2.24, 2.45) is 5.92 Å². The first-order valence-corrected chi connectivity index (χ1v) is 14.4. The van der Waals surface area contributed by atoms with Gasteiger partial charge in [0.25, 0.3) is 0 Å². The molecule has 0 unspecified atom stereocenters. The van der Waals surface area contributed by atoms with Gasteiger partial charge in [0.15, 0.2) is 0 Å². The Hall–Kier alpha value is -3.62. The first-order valence-electron chi connectivity index (χ1n) is 14.4. The Balaban J connectivity index is 1.41. The zero-order chi connectivity index (χ0) is 28.7. The number of carbonyl (C=O) groups is 4. The predicted octanol–water partition coefficient (Wildman–Crippen LogP) is 4.26. The number of nitrogens with zero attached hydrogens (tertiary/aromatic N) is 2. The number of hydrogen-bond acceptors (Lipinski definition) is 6. The van der Waals surface area contributed by atoms with Crippen molar-refractivity contribution in [3.63, 3.8) is 0 Å². The lowest BCUT2D eigenvalue weighted by molar-refractivity contribution is -0.150. The smallest absolute Gasteiger partial charge is 0.410 e. The summed E-state index contributed by atoms with van der Waals surface area (Å²) in [5, 5.41) is 2.87. The Morgan fingerprint density at radius 3 is 2.40 bits per heavy atom. The normalized spacial score (nSPS) is 24.7. The number of allylic oxidation sites excluding steroid dienone is 1. The number of hydrogen-bond donors (Lipinski definition) is 1. The molecule has 9 heteroatoms. The minimum absolute atomic E-state index is 0.136. The summed E-state index contributed by atoms with van der Waals surface area (Å²) in [6.07, 6.45) is 7.92. The summed E-state index contributed by atoms with van der Waals surface area (Å²) in [4.78, 5) is 55.7. The molecule has 3 aliphatic rings. The Bertz CT molecular complexity index is 1110. The second-order valence-corrected chi connectivity index (χ2v) is 10.9. The summed E-state index contributed by atoms with van der Waals surface area (Å²) in [5.74, 6) is -1.33. The topological polar surface area (TPSA) is 105 Å². The van der Waals surface area contributed by atoms with Gasteiger partial charge in [0, 0.05) is 31.8 Å². The highest BCUT2D eigenvalue weighted by Gasteiger charge is 2.62. The van der Waals surface area contributed by atoms with Gasteiger partial charge < -0.3 is 19.7 Å². The van der Waals surface area contributed by atoms with Crippen LogP contribution in [0.2, 0.25) is 0 Å². The molecule has 2 fully saturated rings. The van der Waals surface area contributed by atoms with Crippen LogP contribution >= 0.6 is 0 Å². The lowest BCUT2D eigenvalue weighted by Crippen LogP contribution is -2.53. The third-order valence-electron chi connectivity index (χ3n) is 8.09. The van der Waals surface area contributed by atoms with Crippen LogP contribution in [-0.2, 0) is 36.9 Å². The lowest BCUT2D eigenvalue weighted by Gasteiger charge is -2.26. The van der Waals surface area contributed by atoms with Crippen molar-refractivity contribution in [2.75, 3.05) is 13.2 Å². The van der Waals surface area contributed by atoms with Crippen molar-refractivity contribution >= 4 is 23.9 Å². The highest BCUT2D eigenvalue weighted by atomic mass is 16.6. The number of benzene rings is 1. The second kappa shape index (κ2) is 13.2. The van der Waals surface area contributed by atoms with E-state index in [9.17, 15) is 19.2 Å². The van der Waals surface area contributed by atoms with Crippen LogP contribution in [0, 0.1) is 5.92 Å². The maximum atomic E-state index is 13.6. The standard InChI is InChI=1S/C31H41N3O6/c1-4-7-8-9-10-11-16-27(35)34-21-25(40-30(38)33-19-22-14-12-13-15-23(22)20-33)17-26(34)28(36)32-31(18-24(31)5-2)29(37)39-6-3/h4-5,12-15,24-26H,1-2,6-11,16-21H2,3H3,(H,32,36)/t24-,25-,26+,31-/m1/s1. The van der Waals surface area contributed by atoms with Crippen molar-refractivity contribution < 1.29 is 28.7 Å². The van der Waals surface area contributed by atoms with Gasteiger partial charge in [-0.15, -0.1) is 13.2 Å². The zero-order valence-electron chi connectivity index (χ0n) is 23.4. The van der Waals surface area contributed by atoms with Crippen LogP contribution in [0.3, 0.4) is 0 Å². The van der Waals surface area contributed by atoms with Gasteiger partial charge in [0.2, 0.25) is 11.8 Å². The fraction of sp³-hybridized carbons (Fsp3) is 0.548. The van der Waals surface area contributed by atoms with Gasteiger partial charge in [-0.2, -0.15) is 0 Å². The van der Waals surface area contributed by atoms with Gasteiger partial charge in [0.05, 0.1) is 13.2 Å². The Morgan fingerprint density at radius 1 is 1.07 bits per heavy atom. The summed E-state index contributed by atoms with van der Waals surface area (Å²) in [6.45, 7) is 10.5. The highest BCUT2D eigenvalue weighted by Crippen LogP contribution is 2.45. The largest absolute Gasteiger partial charge is 0.464 e. The van der Waals surface area contributed by atoms with E-state index in [0.29, 0.717) is 32.4 Å². The molecule has 0 radical (unpaired) electrons. The number of ether oxygens (including phenoxy) is 2. The number of rotatable bonds is 13. The maximum Gasteiger partial charge on any atom is 0.410 e. The summed E-state index contributed by atoms with van der Waals surface area (Å²) < 4.78 is 11.1. The fourth-order valence-corrected chi connectivity index (χ4v) is 5.71. The van der Waals surface area contributed by atoms with E-state index in [-0.39, 0.29) is 31.4 Å². The Morgan fingerprint density at radius 2 is 1.77 bits per heavy atom. The van der Waals surface area contributed by atoms with Crippen molar-refractivity contribution in [1.82, 2.24) is 15.1 Å². The van der Waals surface area contributed by atoms with E-state index in [1.54, 1.807) is 17.9 Å². The molecule has 40 heavy (non-hydrogen) atoms. The molecule has 9 nitrogen and oxygen atoms in total. The van der Waals surface area contributed by atoms with Crippen LogP contribution in [-0.4, -0.2) is 64.5 Å². The van der Waals surface area contributed by atoms with E-state index in [4.69, 9.17) is 9.47 Å². The monoisotopic (exact) mass is 551 g/mol. The van der Waals surface area contributed by atoms with Crippen molar-refractivity contribution in [2.45, 2.75) is 89.1 Å². The van der Waals surface area contributed by atoms with Gasteiger partial charge in [-0.3, -0.25) is 14.5 Å². The molecule has 2 heterocycles. The van der Waals surface area contributed by atoms with Crippen LogP contribution < -0.4 is 5.32 Å². The third-order valence-corrected chi connectivity index (χ3v) is 8.09. The number of carbonyl (C=O) groups excluding carboxylic acids is 4. The van der Waals surface area contributed by atoms with Crippen LogP contribution in [0.15, 0.2) is 49.6 Å². The van der Waals surface area contributed by atoms with E-state index >= 15 is 0 Å². The maximum absolute atomic E-state index is 13.6. The molecular formula is C31H41N3O6. The third kappa shape index (κ3) is 6.57. The summed E-state index contributed by atoms with van der Waals surface area (Å²) >= 11 is 0. The molecule has 216 valence electrons. The second-order valence-electron chi connectivity index (χ2n) is 10.9. The first-order chi connectivity index (χ1) is 19.3. The number of esters is 1. The quantitative estimate of drug-likeness (QED) is 0.223. The molecule has 2 aliphatic heterocycles. The molecule has 1 aliphatic carbocycles. The average molecular weight is 552 g/mol. The molecule has 1 aromatic rings. The highest BCUT2D eigenvalue weighted by molar-refractivity contribution is 5.95. The van der Waals surface area contributed by atoms with Crippen LogP contribution in [0.4, 0.5) is 4.79 Å². The molecule has 0 bridgehead atoms. The number of fused-ring (bicyclic) bond motifs is 1. The van der Waals surface area contributed by atoms with E-state index in [2.05, 4.69) is 18.5 Å². The number of unbranched alkanes of at least 4 members (excludes halogenated alkanes) is 4. The predicted molar refractivity (Wildman–Crippen MR) is 150 cm³/mol. The summed E-state index contributed by atoms with van der Waals surface area (Å²) in [5.41, 5.74) is 1.00. The Kier molecular flexibility index (Phi) is 9.66. The average Bonchev–Trinajstić information content (AvgIpc) is 3.27. The van der Waals surface area contributed by atoms with Gasteiger partial charge in [-0.05, 0) is 43.7 Å². The molecule has 3 amide bonds. The zero-order valence-corrected chi connectivity index (χ0v) is 23.4. The first kappa shape index (κ1) is 29.4. The summed E-state index contributed by atoms with van der Waals surface area (Å²) in [6, 6.07) is 7.01. The molecule has 4 atom stereocenters. The van der Waals surface area contributed by atoms with Gasteiger partial charge >= 0.3 is 12.1 Å². The van der Waals surface area contributed by atoms with E-state index < -0.39 is 35.7 Å². The molecular weight excluding hydrogens is 510 g/mol.